The maximum absolute atomic E-state index is 10.1. The molecule has 0 aromatic heterocycles. The molecule has 0 saturated heterocycles. The summed E-state index contributed by atoms with van der Waals surface area (Å²) >= 11 is 0. The van der Waals surface area contributed by atoms with Crippen molar-refractivity contribution in [2.24, 2.45) is 5.92 Å². The van der Waals surface area contributed by atoms with Crippen molar-refractivity contribution in [1.29, 1.82) is 0 Å². The molecule has 0 heterocycles. The predicted octanol–water partition coefficient (Wildman–Crippen LogP) is 7.90. The van der Waals surface area contributed by atoms with E-state index in [1.54, 1.807) is 6.07 Å². The number of ether oxygens (including phenoxy) is 2. The second-order valence-corrected chi connectivity index (χ2v) is 11.0. The Balaban J connectivity index is 1.41. The molecule has 4 aromatic carbocycles. The molecular formula is C34H39NO3. The van der Waals surface area contributed by atoms with E-state index in [9.17, 15) is 5.11 Å². The van der Waals surface area contributed by atoms with E-state index >= 15 is 0 Å². The van der Waals surface area contributed by atoms with Gasteiger partial charge in [-0.25, -0.2) is 0 Å². The molecule has 4 nitrogen and oxygen atoms in total. The molecule has 0 bridgehead atoms. The van der Waals surface area contributed by atoms with Gasteiger partial charge in [0.2, 0.25) is 0 Å². The van der Waals surface area contributed by atoms with E-state index in [0.717, 1.165) is 47.7 Å². The van der Waals surface area contributed by atoms with Crippen LogP contribution in [0.3, 0.4) is 0 Å². The average molecular weight is 510 g/mol. The van der Waals surface area contributed by atoms with Gasteiger partial charge >= 0.3 is 0 Å². The molecule has 5 rings (SSSR count). The van der Waals surface area contributed by atoms with Crippen LogP contribution in [0.15, 0.2) is 72.8 Å². The van der Waals surface area contributed by atoms with Gasteiger partial charge in [0.25, 0.3) is 0 Å². The Morgan fingerprint density at radius 1 is 0.816 bits per heavy atom. The van der Waals surface area contributed by atoms with Crippen LogP contribution < -0.4 is 14.8 Å². The van der Waals surface area contributed by atoms with E-state index in [-0.39, 0.29) is 17.8 Å². The zero-order valence-electron chi connectivity index (χ0n) is 23.0. The number of fused-ring (bicyclic) bond motifs is 5. The van der Waals surface area contributed by atoms with E-state index in [2.05, 4.69) is 87.6 Å². The SMILES string of the molecule is CC(C)CCNCCCOc1ccc(C2c3cc(OC(C)C)ccc3-c3ccc4cc(O)ccc4c32)cc1. The molecule has 1 aliphatic carbocycles. The van der Waals surface area contributed by atoms with Crippen LogP contribution >= 0.6 is 0 Å². The van der Waals surface area contributed by atoms with Crippen LogP contribution in [-0.2, 0) is 0 Å². The largest absolute Gasteiger partial charge is 0.508 e. The highest BCUT2D eigenvalue weighted by Gasteiger charge is 2.32. The zero-order valence-corrected chi connectivity index (χ0v) is 23.0. The molecular weight excluding hydrogens is 470 g/mol. The summed E-state index contributed by atoms with van der Waals surface area (Å²) in [5.41, 5.74) is 6.22. The number of nitrogens with one attached hydrogen (secondary N) is 1. The van der Waals surface area contributed by atoms with Crippen LogP contribution in [0.5, 0.6) is 17.2 Å². The maximum Gasteiger partial charge on any atom is 0.120 e. The van der Waals surface area contributed by atoms with Gasteiger partial charge in [0.05, 0.1) is 12.7 Å². The average Bonchev–Trinajstić information content (AvgIpc) is 3.21. The van der Waals surface area contributed by atoms with Crippen molar-refractivity contribution in [1.82, 2.24) is 5.32 Å². The fraction of sp³-hybridized carbons (Fsp3) is 0.353. The summed E-state index contributed by atoms with van der Waals surface area (Å²) in [7, 11) is 0. The first-order valence-corrected chi connectivity index (χ1v) is 13.9. The number of hydrogen-bond acceptors (Lipinski definition) is 4. The minimum Gasteiger partial charge on any atom is -0.508 e. The number of hydrogen-bond donors (Lipinski definition) is 2. The molecule has 0 spiro atoms. The van der Waals surface area contributed by atoms with Crippen molar-refractivity contribution >= 4 is 10.8 Å². The lowest BCUT2D eigenvalue weighted by molar-refractivity contribution is 0.242. The van der Waals surface area contributed by atoms with Crippen LogP contribution in [0.25, 0.3) is 21.9 Å². The normalized spacial score (nSPS) is 14.2. The molecule has 1 aliphatic rings. The Hall–Kier alpha value is -3.50. The smallest absolute Gasteiger partial charge is 0.120 e. The van der Waals surface area contributed by atoms with Crippen LogP contribution in [-0.4, -0.2) is 30.9 Å². The highest BCUT2D eigenvalue weighted by molar-refractivity contribution is 5.98. The van der Waals surface area contributed by atoms with Gasteiger partial charge in [0.15, 0.2) is 0 Å². The van der Waals surface area contributed by atoms with Crippen molar-refractivity contribution in [2.75, 3.05) is 19.7 Å². The summed E-state index contributed by atoms with van der Waals surface area (Å²) in [5.74, 6) is 2.88. The van der Waals surface area contributed by atoms with E-state index in [1.807, 2.05) is 12.1 Å². The number of aromatic hydroxyl groups is 1. The number of phenols is 1. The summed E-state index contributed by atoms with van der Waals surface area (Å²) in [5, 5.41) is 15.8. The van der Waals surface area contributed by atoms with Gasteiger partial charge in [-0.05, 0) is 121 Å². The van der Waals surface area contributed by atoms with Gasteiger partial charge in [0, 0.05) is 5.92 Å². The molecule has 0 fully saturated rings. The highest BCUT2D eigenvalue weighted by atomic mass is 16.5. The molecule has 4 heteroatoms. The molecule has 198 valence electrons. The summed E-state index contributed by atoms with van der Waals surface area (Å²) < 4.78 is 12.1. The third kappa shape index (κ3) is 5.66. The topological polar surface area (TPSA) is 50.7 Å². The van der Waals surface area contributed by atoms with Crippen LogP contribution in [0, 0.1) is 5.92 Å². The Morgan fingerprint density at radius 3 is 2.34 bits per heavy atom. The number of rotatable bonds is 11. The first kappa shape index (κ1) is 26.1. The molecule has 38 heavy (non-hydrogen) atoms. The van der Waals surface area contributed by atoms with Crippen LogP contribution in [0.1, 0.15) is 63.1 Å². The summed E-state index contributed by atoms with van der Waals surface area (Å²) in [6.45, 7) is 11.4. The molecule has 0 saturated carbocycles. The van der Waals surface area contributed by atoms with Gasteiger partial charge in [-0.2, -0.15) is 0 Å². The van der Waals surface area contributed by atoms with Crippen molar-refractivity contribution in [2.45, 2.75) is 52.6 Å². The third-order valence-corrected chi connectivity index (χ3v) is 7.21. The molecule has 2 N–H and O–H groups in total. The molecule has 4 aromatic rings. The first-order valence-electron chi connectivity index (χ1n) is 13.9. The lowest BCUT2D eigenvalue weighted by Crippen LogP contribution is -2.19. The van der Waals surface area contributed by atoms with Gasteiger partial charge in [-0.3, -0.25) is 0 Å². The van der Waals surface area contributed by atoms with E-state index < -0.39 is 0 Å². The molecule has 0 aliphatic heterocycles. The highest BCUT2D eigenvalue weighted by Crippen LogP contribution is 2.52. The summed E-state index contributed by atoms with van der Waals surface area (Å²) in [6.07, 6.45) is 2.30. The fourth-order valence-corrected chi connectivity index (χ4v) is 5.42. The second-order valence-electron chi connectivity index (χ2n) is 11.0. The van der Waals surface area contributed by atoms with Crippen molar-refractivity contribution < 1.29 is 14.6 Å². The molecule has 0 amide bonds. The van der Waals surface area contributed by atoms with E-state index in [0.29, 0.717) is 6.61 Å². The van der Waals surface area contributed by atoms with Gasteiger partial charge in [-0.1, -0.05) is 50.2 Å². The standard InChI is InChI=1S/C34H39NO3/c1-22(2)16-18-35-17-5-19-37-27-10-6-24(7-11-27)33-32-21-28(38-23(3)4)12-15-30(32)31-13-8-25-20-26(36)9-14-29(25)34(31)33/h6-15,20-23,33,35-36H,5,16-19H2,1-4H3. The Kier molecular flexibility index (Phi) is 7.90. The quantitative estimate of drug-likeness (QED) is 0.178. The Labute approximate surface area is 226 Å². The maximum atomic E-state index is 10.1. The fourth-order valence-electron chi connectivity index (χ4n) is 5.42. The summed E-state index contributed by atoms with van der Waals surface area (Å²) in [4.78, 5) is 0. The zero-order chi connectivity index (χ0) is 26.6. The lowest BCUT2D eigenvalue weighted by atomic mass is 9.86. The van der Waals surface area contributed by atoms with Gasteiger partial charge < -0.3 is 19.9 Å². The van der Waals surface area contributed by atoms with Gasteiger partial charge in [0.1, 0.15) is 17.2 Å². The second kappa shape index (κ2) is 11.5. The molecule has 0 radical (unpaired) electrons. The minimum atomic E-state index is 0.0724. The molecule has 1 atom stereocenters. The summed E-state index contributed by atoms with van der Waals surface area (Å²) in [6, 6.07) is 25.0. The number of benzene rings is 4. The van der Waals surface area contributed by atoms with Crippen LogP contribution in [0.4, 0.5) is 0 Å². The van der Waals surface area contributed by atoms with Gasteiger partial charge in [-0.15, -0.1) is 0 Å². The minimum absolute atomic E-state index is 0.0724. The third-order valence-electron chi connectivity index (χ3n) is 7.21. The van der Waals surface area contributed by atoms with Crippen molar-refractivity contribution in [3.63, 3.8) is 0 Å². The first-order chi connectivity index (χ1) is 18.4. The number of phenolic OH excluding ortho intramolecular Hbond substituents is 1. The van der Waals surface area contributed by atoms with Crippen molar-refractivity contribution in [3.05, 3.63) is 89.5 Å². The lowest BCUT2D eigenvalue weighted by Gasteiger charge is -2.18. The molecule has 1 unspecified atom stereocenters. The predicted molar refractivity (Wildman–Crippen MR) is 157 cm³/mol. The monoisotopic (exact) mass is 509 g/mol. The van der Waals surface area contributed by atoms with Crippen LogP contribution in [0.2, 0.25) is 0 Å². The Bertz CT molecular complexity index is 1390. The van der Waals surface area contributed by atoms with Crippen molar-refractivity contribution in [3.8, 4) is 28.4 Å². The Morgan fingerprint density at radius 2 is 1.58 bits per heavy atom. The van der Waals surface area contributed by atoms with E-state index in [4.69, 9.17) is 9.47 Å². The van der Waals surface area contributed by atoms with E-state index in [1.165, 1.54) is 34.2 Å².